The lowest BCUT2D eigenvalue weighted by Gasteiger charge is -2.36. The molecule has 1 fully saturated rings. The van der Waals surface area contributed by atoms with E-state index in [0.717, 1.165) is 5.69 Å². The second-order valence-corrected chi connectivity index (χ2v) is 9.05. The fourth-order valence-corrected chi connectivity index (χ4v) is 5.31. The lowest BCUT2D eigenvalue weighted by Crippen LogP contribution is -2.49. The molecular formula is C20H27N3O4S. The van der Waals surface area contributed by atoms with Crippen LogP contribution in [-0.4, -0.2) is 56.5 Å². The van der Waals surface area contributed by atoms with Gasteiger partial charge >= 0.3 is 5.97 Å². The Morgan fingerprint density at radius 3 is 2.32 bits per heavy atom. The van der Waals surface area contributed by atoms with E-state index in [9.17, 15) is 13.2 Å². The summed E-state index contributed by atoms with van der Waals surface area (Å²) in [7, 11) is -0.733. The van der Waals surface area contributed by atoms with Gasteiger partial charge in [-0.15, -0.1) is 0 Å². The standard InChI is InChI=1S/C20H27N3O4S/c1-14-7-6-8-17(15(14)2)22-9-11-23(12-10-22)28(25,26)19-13-18(20(24)27-5)21(4)16(19)3/h6-8,13H,9-12H2,1-5H3. The zero-order chi connectivity index (χ0) is 20.6. The SMILES string of the molecule is COC(=O)c1cc(S(=O)(=O)N2CCN(c3cccc(C)c3C)CC2)c(C)n1C. The normalized spacial score (nSPS) is 15.7. The van der Waals surface area contributed by atoms with Crippen LogP contribution in [0.2, 0.25) is 0 Å². The van der Waals surface area contributed by atoms with Crippen LogP contribution in [0.25, 0.3) is 0 Å². The molecule has 1 saturated heterocycles. The van der Waals surface area contributed by atoms with Gasteiger partial charge in [0.25, 0.3) is 0 Å². The molecule has 0 atom stereocenters. The minimum atomic E-state index is -3.68. The molecule has 2 aromatic rings. The Kier molecular flexibility index (Phi) is 5.54. The van der Waals surface area contributed by atoms with Gasteiger partial charge in [-0.3, -0.25) is 0 Å². The Morgan fingerprint density at radius 2 is 1.71 bits per heavy atom. The van der Waals surface area contributed by atoms with E-state index >= 15 is 0 Å². The van der Waals surface area contributed by atoms with Gasteiger partial charge in [-0.05, 0) is 44.0 Å². The van der Waals surface area contributed by atoms with Crippen LogP contribution >= 0.6 is 0 Å². The predicted molar refractivity (Wildman–Crippen MR) is 108 cm³/mol. The zero-order valence-corrected chi connectivity index (χ0v) is 17.8. The van der Waals surface area contributed by atoms with E-state index in [1.807, 2.05) is 6.07 Å². The highest BCUT2D eigenvalue weighted by Gasteiger charge is 2.32. The summed E-state index contributed by atoms with van der Waals surface area (Å²) in [6, 6.07) is 7.60. The molecule has 8 heteroatoms. The van der Waals surface area contributed by atoms with Crippen molar-refractivity contribution in [2.24, 2.45) is 7.05 Å². The lowest BCUT2D eigenvalue weighted by molar-refractivity contribution is 0.0589. The Bertz CT molecular complexity index is 1000. The molecule has 0 saturated carbocycles. The smallest absolute Gasteiger partial charge is 0.354 e. The molecule has 0 N–H and O–H groups in total. The van der Waals surface area contributed by atoms with Gasteiger partial charge in [-0.25, -0.2) is 13.2 Å². The molecular weight excluding hydrogens is 378 g/mol. The third-order valence-electron chi connectivity index (χ3n) is 5.66. The monoisotopic (exact) mass is 405 g/mol. The first-order chi connectivity index (χ1) is 13.2. The first-order valence-electron chi connectivity index (χ1n) is 9.24. The van der Waals surface area contributed by atoms with Gasteiger partial charge in [0.05, 0.1) is 7.11 Å². The van der Waals surface area contributed by atoms with Gasteiger partial charge in [0, 0.05) is 44.6 Å². The van der Waals surface area contributed by atoms with E-state index in [0.29, 0.717) is 31.9 Å². The Morgan fingerprint density at radius 1 is 1.07 bits per heavy atom. The number of anilines is 1. The van der Waals surface area contributed by atoms with Gasteiger partial charge in [0.15, 0.2) is 0 Å². The maximum absolute atomic E-state index is 13.2. The molecule has 0 spiro atoms. The summed E-state index contributed by atoms with van der Waals surface area (Å²) < 4.78 is 34.2. The third-order valence-corrected chi connectivity index (χ3v) is 7.67. The van der Waals surface area contributed by atoms with E-state index in [1.54, 1.807) is 18.5 Å². The number of carbonyl (C=O) groups is 1. The van der Waals surface area contributed by atoms with Crippen LogP contribution in [0, 0.1) is 20.8 Å². The van der Waals surface area contributed by atoms with Crippen LogP contribution in [0.4, 0.5) is 5.69 Å². The molecule has 0 aliphatic carbocycles. The molecule has 1 aliphatic heterocycles. The Hall–Kier alpha value is -2.32. The predicted octanol–water partition coefficient (Wildman–Crippen LogP) is 2.25. The average Bonchev–Trinajstić information content (AvgIpc) is 2.99. The van der Waals surface area contributed by atoms with Gasteiger partial charge in [0.2, 0.25) is 10.0 Å². The summed E-state index contributed by atoms with van der Waals surface area (Å²) in [4.78, 5) is 14.3. The number of methoxy groups -OCH3 is 1. The number of aryl methyl sites for hydroxylation is 1. The molecule has 0 unspecified atom stereocenters. The van der Waals surface area contributed by atoms with Crippen molar-refractivity contribution in [3.8, 4) is 0 Å². The highest BCUT2D eigenvalue weighted by molar-refractivity contribution is 7.89. The summed E-state index contributed by atoms with van der Waals surface area (Å²) in [5.41, 5.74) is 4.36. The Balaban J connectivity index is 1.82. The van der Waals surface area contributed by atoms with Crippen molar-refractivity contribution in [1.82, 2.24) is 8.87 Å². The van der Waals surface area contributed by atoms with E-state index < -0.39 is 16.0 Å². The number of carbonyl (C=O) groups excluding carboxylic acids is 1. The maximum atomic E-state index is 13.2. The van der Waals surface area contributed by atoms with Gasteiger partial charge in [0.1, 0.15) is 10.6 Å². The summed E-state index contributed by atoms with van der Waals surface area (Å²) in [5.74, 6) is -0.549. The van der Waals surface area contributed by atoms with Gasteiger partial charge in [-0.2, -0.15) is 4.31 Å². The molecule has 3 rings (SSSR count). The van der Waals surface area contributed by atoms with E-state index in [4.69, 9.17) is 4.74 Å². The first kappa shape index (κ1) is 20.4. The second kappa shape index (κ2) is 7.60. The second-order valence-electron chi connectivity index (χ2n) is 7.14. The van der Waals surface area contributed by atoms with Crippen molar-refractivity contribution < 1.29 is 17.9 Å². The number of piperazine rings is 1. The third kappa shape index (κ3) is 3.42. The molecule has 1 aromatic carbocycles. The average molecular weight is 406 g/mol. The molecule has 0 amide bonds. The summed E-state index contributed by atoms with van der Waals surface area (Å²) >= 11 is 0. The quantitative estimate of drug-likeness (QED) is 0.730. The number of hydrogen-bond donors (Lipinski definition) is 0. The van der Waals surface area contributed by atoms with Crippen LogP contribution in [0.15, 0.2) is 29.2 Å². The molecule has 0 bridgehead atoms. The highest BCUT2D eigenvalue weighted by atomic mass is 32.2. The fraction of sp³-hybridized carbons (Fsp3) is 0.450. The van der Waals surface area contributed by atoms with Crippen molar-refractivity contribution >= 4 is 21.7 Å². The van der Waals surface area contributed by atoms with Gasteiger partial charge < -0.3 is 14.2 Å². The van der Waals surface area contributed by atoms with E-state index in [1.165, 1.54) is 28.6 Å². The van der Waals surface area contributed by atoms with Crippen molar-refractivity contribution in [2.75, 3.05) is 38.2 Å². The van der Waals surface area contributed by atoms with Crippen LogP contribution in [0.3, 0.4) is 0 Å². The molecule has 28 heavy (non-hydrogen) atoms. The lowest BCUT2D eigenvalue weighted by atomic mass is 10.1. The number of esters is 1. The number of aromatic nitrogens is 1. The number of rotatable bonds is 4. The minimum absolute atomic E-state index is 0.163. The van der Waals surface area contributed by atoms with Crippen molar-refractivity contribution in [3.05, 3.63) is 46.8 Å². The molecule has 152 valence electrons. The summed E-state index contributed by atoms with van der Waals surface area (Å²) in [6.45, 7) is 7.92. The molecule has 2 heterocycles. The number of sulfonamides is 1. The highest BCUT2D eigenvalue weighted by Crippen LogP contribution is 2.27. The van der Waals surface area contributed by atoms with Crippen LogP contribution < -0.4 is 4.90 Å². The van der Waals surface area contributed by atoms with Crippen LogP contribution in [0.5, 0.6) is 0 Å². The zero-order valence-electron chi connectivity index (χ0n) is 17.0. The fourth-order valence-electron chi connectivity index (χ4n) is 3.62. The number of hydrogen-bond acceptors (Lipinski definition) is 5. The minimum Gasteiger partial charge on any atom is -0.464 e. The molecule has 7 nitrogen and oxygen atoms in total. The van der Waals surface area contributed by atoms with E-state index in [2.05, 4.69) is 30.9 Å². The largest absolute Gasteiger partial charge is 0.464 e. The number of nitrogens with zero attached hydrogens (tertiary/aromatic N) is 3. The number of ether oxygens (including phenoxy) is 1. The topological polar surface area (TPSA) is 71.8 Å². The van der Waals surface area contributed by atoms with Crippen molar-refractivity contribution in [2.45, 2.75) is 25.7 Å². The number of benzene rings is 1. The van der Waals surface area contributed by atoms with Crippen LogP contribution in [-0.2, 0) is 21.8 Å². The van der Waals surface area contributed by atoms with Crippen LogP contribution in [0.1, 0.15) is 27.3 Å². The van der Waals surface area contributed by atoms with Crippen molar-refractivity contribution in [3.63, 3.8) is 0 Å². The molecule has 0 radical (unpaired) electrons. The summed E-state index contributed by atoms with van der Waals surface area (Å²) in [6.07, 6.45) is 0. The maximum Gasteiger partial charge on any atom is 0.354 e. The van der Waals surface area contributed by atoms with Crippen molar-refractivity contribution in [1.29, 1.82) is 0 Å². The first-order valence-corrected chi connectivity index (χ1v) is 10.7. The van der Waals surface area contributed by atoms with E-state index in [-0.39, 0.29) is 10.6 Å². The summed E-state index contributed by atoms with van der Waals surface area (Å²) in [5, 5.41) is 0. The molecule has 1 aromatic heterocycles. The Labute approximate surface area is 166 Å². The van der Waals surface area contributed by atoms with Gasteiger partial charge in [-0.1, -0.05) is 12.1 Å². The molecule has 1 aliphatic rings.